The monoisotopic (exact) mass is 293 g/mol. The minimum absolute atomic E-state index is 0.125. The Morgan fingerprint density at radius 1 is 1.35 bits per heavy atom. The largest absolute Gasteiger partial charge is 0.325 e. The van der Waals surface area contributed by atoms with Gasteiger partial charge in [-0.25, -0.2) is 9.18 Å². The lowest BCUT2D eigenvalue weighted by atomic mass is 10.1. The predicted molar refractivity (Wildman–Crippen MR) is 79.4 cm³/mol. The van der Waals surface area contributed by atoms with Gasteiger partial charge in [-0.3, -0.25) is 5.32 Å². The number of hydrogen-bond acceptors (Lipinski definition) is 3. The van der Waals surface area contributed by atoms with Crippen molar-refractivity contribution in [2.45, 2.75) is 19.9 Å². The summed E-state index contributed by atoms with van der Waals surface area (Å²) in [5, 5.41) is 3.46. The first-order chi connectivity index (χ1) is 9.47. The van der Waals surface area contributed by atoms with E-state index < -0.39 is 0 Å². The van der Waals surface area contributed by atoms with Gasteiger partial charge in [0, 0.05) is 24.7 Å². The minimum Gasteiger partial charge on any atom is -0.325 e. The molecule has 2 amide bonds. The lowest BCUT2D eigenvalue weighted by Gasteiger charge is -2.21. The van der Waals surface area contributed by atoms with Crippen LogP contribution in [0.1, 0.15) is 13.8 Å². The van der Waals surface area contributed by atoms with Crippen molar-refractivity contribution in [2.75, 3.05) is 12.4 Å². The molecule has 0 spiro atoms. The molecule has 6 heteroatoms. The zero-order chi connectivity index (χ0) is 14.7. The molecule has 2 aromatic rings. The van der Waals surface area contributed by atoms with Crippen LogP contribution < -0.4 is 5.32 Å². The number of halogens is 1. The van der Waals surface area contributed by atoms with Gasteiger partial charge in [0.15, 0.2) is 0 Å². The van der Waals surface area contributed by atoms with Crippen molar-refractivity contribution in [3.63, 3.8) is 0 Å². The van der Waals surface area contributed by atoms with Crippen LogP contribution in [0.15, 0.2) is 30.3 Å². The van der Waals surface area contributed by atoms with Crippen LogP contribution in [0.2, 0.25) is 0 Å². The summed E-state index contributed by atoms with van der Waals surface area (Å²) in [5.41, 5.74) is 1.54. The average Bonchev–Trinajstić information content (AvgIpc) is 2.87. The maximum Gasteiger partial charge on any atom is 0.322 e. The average molecular weight is 293 g/mol. The van der Waals surface area contributed by atoms with Crippen LogP contribution in [0.25, 0.3) is 11.3 Å². The van der Waals surface area contributed by atoms with Crippen LogP contribution in [0, 0.1) is 5.82 Å². The van der Waals surface area contributed by atoms with E-state index in [1.165, 1.54) is 23.7 Å². The molecule has 2 rings (SSSR count). The third kappa shape index (κ3) is 3.33. The lowest BCUT2D eigenvalue weighted by molar-refractivity contribution is 0.211. The molecular formula is C14H16FN3OS. The Balaban J connectivity index is 2.09. The maximum atomic E-state index is 12.9. The topological polar surface area (TPSA) is 45.2 Å². The van der Waals surface area contributed by atoms with Crippen LogP contribution in [0.3, 0.4) is 0 Å². The van der Waals surface area contributed by atoms with Gasteiger partial charge in [0.1, 0.15) is 10.8 Å². The van der Waals surface area contributed by atoms with Gasteiger partial charge in [0.05, 0.1) is 5.69 Å². The smallest absolute Gasteiger partial charge is 0.322 e. The molecule has 20 heavy (non-hydrogen) atoms. The Morgan fingerprint density at radius 2 is 2.00 bits per heavy atom. The van der Waals surface area contributed by atoms with E-state index in [9.17, 15) is 9.18 Å². The SMILES string of the molecule is CC(C)N(C)C(=O)Nc1cc(-c2ccc(F)cc2)ns1. The Labute approximate surface area is 121 Å². The number of amides is 2. The van der Waals surface area contributed by atoms with E-state index >= 15 is 0 Å². The Kier molecular flexibility index (Phi) is 4.34. The van der Waals surface area contributed by atoms with E-state index in [0.717, 1.165) is 11.3 Å². The van der Waals surface area contributed by atoms with Gasteiger partial charge in [-0.1, -0.05) is 0 Å². The van der Waals surface area contributed by atoms with Gasteiger partial charge >= 0.3 is 6.03 Å². The molecule has 0 radical (unpaired) electrons. The number of rotatable bonds is 3. The van der Waals surface area contributed by atoms with Gasteiger partial charge in [0.2, 0.25) is 0 Å². The number of anilines is 1. The summed E-state index contributed by atoms with van der Waals surface area (Å²) < 4.78 is 17.1. The molecule has 1 aromatic heterocycles. The first kappa shape index (κ1) is 14.5. The molecule has 106 valence electrons. The van der Waals surface area contributed by atoms with Crippen molar-refractivity contribution in [1.82, 2.24) is 9.27 Å². The fraction of sp³-hybridized carbons (Fsp3) is 0.286. The van der Waals surface area contributed by atoms with Gasteiger partial charge in [-0.15, -0.1) is 0 Å². The van der Waals surface area contributed by atoms with E-state index in [4.69, 9.17) is 0 Å². The molecule has 0 aliphatic rings. The normalized spacial score (nSPS) is 10.7. The van der Waals surface area contributed by atoms with E-state index in [0.29, 0.717) is 5.00 Å². The van der Waals surface area contributed by atoms with Gasteiger partial charge in [0.25, 0.3) is 0 Å². The second-order valence-electron chi connectivity index (χ2n) is 4.72. The summed E-state index contributed by atoms with van der Waals surface area (Å²) in [4.78, 5) is 13.5. The molecule has 0 aliphatic heterocycles. The highest BCUT2D eigenvalue weighted by Crippen LogP contribution is 2.25. The standard InChI is InChI=1S/C14H16FN3OS/c1-9(2)18(3)14(19)16-13-8-12(17-20-13)10-4-6-11(15)7-5-10/h4-9H,1-3H3,(H,16,19). The van der Waals surface area contributed by atoms with Crippen LogP contribution in [0.4, 0.5) is 14.2 Å². The summed E-state index contributed by atoms with van der Waals surface area (Å²) >= 11 is 1.20. The fourth-order valence-corrected chi connectivity index (χ4v) is 2.17. The van der Waals surface area contributed by atoms with Crippen LogP contribution in [-0.2, 0) is 0 Å². The maximum absolute atomic E-state index is 12.9. The third-order valence-electron chi connectivity index (χ3n) is 2.98. The highest BCUT2D eigenvalue weighted by molar-refractivity contribution is 7.10. The van der Waals surface area contributed by atoms with Crippen LogP contribution in [0.5, 0.6) is 0 Å². The molecule has 0 unspecified atom stereocenters. The predicted octanol–water partition coefficient (Wildman–Crippen LogP) is 3.82. The second-order valence-corrected chi connectivity index (χ2v) is 5.52. The first-order valence-corrected chi connectivity index (χ1v) is 7.01. The van der Waals surface area contributed by atoms with Crippen LogP contribution in [-0.4, -0.2) is 28.4 Å². The molecule has 1 heterocycles. The van der Waals surface area contributed by atoms with E-state index in [-0.39, 0.29) is 17.9 Å². The van der Waals surface area contributed by atoms with Crippen molar-refractivity contribution in [3.05, 3.63) is 36.1 Å². The lowest BCUT2D eigenvalue weighted by Crippen LogP contribution is -2.36. The van der Waals surface area contributed by atoms with Crippen molar-refractivity contribution in [2.24, 2.45) is 0 Å². The van der Waals surface area contributed by atoms with Gasteiger partial charge < -0.3 is 4.90 Å². The molecule has 0 saturated carbocycles. The second kappa shape index (κ2) is 6.00. The highest BCUT2D eigenvalue weighted by Gasteiger charge is 2.13. The summed E-state index contributed by atoms with van der Waals surface area (Å²) in [6.45, 7) is 3.88. The number of benzene rings is 1. The summed E-state index contributed by atoms with van der Waals surface area (Å²) in [7, 11) is 1.74. The highest BCUT2D eigenvalue weighted by atomic mass is 32.1. The molecule has 0 fully saturated rings. The number of nitrogens with zero attached hydrogens (tertiary/aromatic N) is 2. The van der Waals surface area contributed by atoms with Gasteiger partial charge in [-0.2, -0.15) is 4.37 Å². The number of carbonyl (C=O) groups excluding carboxylic acids is 1. The number of hydrogen-bond donors (Lipinski definition) is 1. The van der Waals surface area contributed by atoms with Crippen molar-refractivity contribution in [3.8, 4) is 11.3 Å². The minimum atomic E-state index is -0.281. The zero-order valence-corrected chi connectivity index (χ0v) is 12.4. The van der Waals surface area contributed by atoms with Crippen LogP contribution >= 0.6 is 11.5 Å². The van der Waals surface area contributed by atoms with Crippen molar-refractivity contribution >= 4 is 22.6 Å². The summed E-state index contributed by atoms with van der Waals surface area (Å²) in [6.07, 6.45) is 0. The molecule has 4 nitrogen and oxygen atoms in total. The van der Waals surface area contributed by atoms with E-state index in [2.05, 4.69) is 9.69 Å². The molecule has 1 aromatic carbocycles. The van der Waals surface area contributed by atoms with E-state index in [1.807, 2.05) is 13.8 Å². The quantitative estimate of drug-likeness (QED) is 0.935. The number of nitrogens with one attached hydrogen (secondary N) is 1. The first-order valence-electron chi connectivity index (χ1n) is 6.24. The molecule has 0 aliphatic carbocycles. The molecular weight excluding hydrogens is 277 g/mol. The van der Waals surface area contributed by atoms with E-state index in [1.54, 1.807) is 30.1 Å². The Morgan fingerprint density at radius 3 is 2.60 bits per heavy atom. The van der Waals surface area contributed by atoms with Crippen molar-refractivity contribution < 1.29 is 9.18 Å². The summed E-state index contributed by atoms with van der Waals surface area (Å²) in [6, 6.07) is 7.84. The Hall–Kier alpha value is -1.95. The Bertz CT molecular complexity index is 595. The molecule has 0 saturated heterocycles. The van der Waals surface area contributed by atoms with Crippen molar-refractivity contribution in [1.29, 1.82) is 0 Å². The molecule has 1 N–H and O–H groups in total. The van der Waals surface area contributed by atoms with Gasteiger partial charge in [-0.05, 0) is 49.6 Å². The zero-order valence-electron chi connectivity index (χ0n) is 11.6. The number of carbonyl (C=O) groups is 1. The molecule has 0 bridgehead atoms. The number of aromatic nitrogens is 1. The fourth-order valence-electron chi connectivity index (χ4n) is 1.52. The summed E-state index contributed by atoms with van der Waals surface area (Å²) in [5.74, 6) is -0.281. The third-order valence-corrected chi connectivity index (χ3v) is 3.68. The number of urea groups is 1. The molecule has 0 atom stereocenters.